The Balaban J connectivity index is 1.53. The molecule has 9 nitrogen and oxygen atoms in total. The summed E-state index contributed by atoms with van der Waals surface area (Å²) < 4.78 is 25.0. The van der Waals surface area contributed by atoms with Gasteiger partial charge < -0.3 is 20.1 Å². The van der Waals surface area contributed by atoms with Crippen LogP contribution in [0.2, 0.25) is 0 Å². The van der Waals surface area contributed by atoms with E-state index < -0.39 is 5.82 Å². The number of pyridine rings is 2. The van der Waals surface area contributed by atoms with Crippen LogP contribution < -0.4 is 20.1 Å². The van der Waals surface area contributed by atoms with Crippen molar-refractivity contribution in [3.63, 3.8) is 0 Å². The van der Waals surface area contributed by atoms with Gasteiger partial charge in [0.05, 0.1) is 31.0 Å². The highest BCUT2D eigenvalue weighted by atomic mass is 19.1. The number of amides is 1. The van der Waals surface area contributed by atoms with E-state index in [4.69, 9.17) is 9.47 Å². The number of carbonyl (C=O) groups excluding carboxylic acids is 1. The molecule has 0 saturated carbocycles. The van der Waals surface area contributed by atoms with E-state index in [0.717, 1.165) is 11.1 Å². The number of aromatic nitrogens is 4. The number of anilines is 1. The molecule has 0 atom stereocenters. The minimum absolute atomic E-state index is 0.213. The molecule has 0 radical (unpaired) electrons. The SMILES string of the molecule is CNC(=O)c1ccnc2c(CCNc3cc(-c4cnc(OC)c(OC)c4)ncn3)ccc(F)c12. The molecular weight excluding hydrogens is 439 g/mol. The van der Waals surface area contributed by atoms with Crippen LogP contribution in [0.5, 0.6) is 11.6 Å². The van der Waals surface area contributed by atoms with Gasteiger partial charge in [-0.25, -0.2) is 19.3 Å². The second-order valence-electron chi connectivity index (χ2n) is 7.27. The maximum absolute atomic E-state index is 14.5. The lowest BCUT2D eigenvalue weighted by molar-refractivity contribution is 0.0964. The van der Waals surface area contributed by atoms with E-state index in [9.17, 15) is 9.18 Å². The Hall–Kier alpha value is -4.34. The lowest BCUT2D eigenvalue weighted by atomic mass is 10.0. The molecule has 174 valence electrons. The summed E-state index contributed by atoms with van der Waals surface area (Å²) in [6, 6.07) is 8.14. The Morgan fingerprint density at radius 3 is 2.68 bits per heavy atom. The predicted molar refractivity (Wildman–Crippen MR) is 126 cm³/mol. The molecule has 0 unspecified atom stereocenters. The number of nitrogens with zero attached hydrogens (tertiary/aromatic N) is 4. The van der Waals surface area contributed by atoms with Crippen LogP contribution in [0.25, 0.3) is 22.2 Å². The zero-order chi connectivity index (χ0) is 24.1. The summed E-state index contributed by atoms with van der Waals surface area (Å²) in [5, 5.41) is 6.00. The van der Waals surface area contributed by atoms with Gasteiger partial charge in [0.15, 0.2) is 5.75 Å². The average molecular weight is 462 g/mol. The first kappa shape index (κ1) is 22.8. The fraction of sp³-hybridized carbons (Fsp3) is 0.208. The van der Waals surface area contributed by atoms with Gasteiger partial charge in [-0.2, -0.15) is 0 Å². The molecule has 4 rings (SSSR count). The first-order valence-electron chi connectivity index (χ1n) is 10.5. The van der Waals surface area contributed by atoms with Crippen molar-refractivity contribution in [3.05, 3.63) is 66.0 Å². The van der Waals surface area contributed by atoms with Gasteiger partial charge in [-0.15, -0.1) is 0 Å². The van der Waals surface area contributed by atoms with Gasteiger partial charge in [-0.05, 0) is 30.2 Å². The number of rotatable bonds is 8. The first-order chi connectivity index (χ1) is 16.5. The van der Waals surface area contributed by atoms with Gasteiger partial charge >= 0.3 is 0 Å². The van der Waals surface area contributed by atoms with Crippen LogP contribution in [0, 0.1) is 5.82 Å². The number of carbonyl (C=O) groups is 1. The third-order valence-electron chi connectivity index (χ3n) is 5.29. The van der Waals surface area contributed by atoms with Gasteiger partial charge in [0.2, 0.25) is 0 Å². The Morgan fingerprint density at radius 2 is 1.91 bits per heavy atom. The Morgan fingerprint density at radius 1 is 1.06 bits per heavy atom. The highest BCUT2D eigenvalue weighted by molar-refractivity contribution is 6.06. The van der Waals surface area contributed by atoms with Crippen LogP contribution in [0.15, 0.2) is 49.1 Å². The van der Waals surface area contributed by atoms with E-state index in [1.54, 1.807) is 31.5 Å². The van der Waals surface area contributed by atoms with Crippen LogP contribution in [0.1, 0.15) is 15.9 Å². The number of methoxy groups -OCH3 is 2. The average Bonchev–Trinajstić information content (AvgIpc) is 2.89. The lowest BCUT2D eigenvalue weighted by Crippen LogP contribution is -2.18. The fourth-order valence-corrected chi connectivity index (χ4v) is 3.62. The molecule has 0 aliphatic heterocycles. The topological polar surface area (TPSA) is 111 Å². The fourth-order valence-electron chi connectivity index (χ4n) is 3.62. The molecule has 0 bridgehead atoms. The van der Waals surface area contributed by atoms with Crippen molar-refractivity contribution in [2.45, 2.75) is 6.42 Å². The van der Waals surface area contributed by atoms with Crippen molar-refractivity contribution in [2.75, 3.05) is 33.1 Å². The predicted octanol–water partition coefficient (Wildman–Crippen LogP) is 3.26. The van der Waals surface area contributed by atoms with E-state index in [0.29, 0.717) is 41.6 Å². The van der Waals surface area contributed by atoms with E-state index in [-0.39, 0.29) is 16.9 Å². The Bertz CT molecular complexity index is 1350. The summed E-state index contributed by atoms with van der Waals surface area (Å²) in [6.07, 6.45) is 5.15. The van der Waals surface area contributed by atoms with E-state index >= 15 is 0 Å². The minimum atomic E-state index is -0.484. The monoisotopic (exact) mass is 462 g/mol. The van der Waals surface area contributed by atoms with Crippen LogP contribution in [0.4, 0.5) is 10.2 Å². The summed E-state index contributed by atoms with van der Waals surface area (Å²) in [7, 11) is 4.58. The molecule has 3 heterocycles. The van der Waals surface area contributed by atoms with E-state index in [1.807, 2.05) is 0 Å². The van der Waals surface area contributed by atoms with Crippen molar-refractivity contribution < 1.29 is 18.7 Å². The van der Waals surface area contributed by atoms with Gasteiger partial charge in [0, 0.05) is 43.0 Å². The van der Waals surface area contributed by atoms with E-state index in [2.05, 4.69) is 30.6 Å². The summed E-state index contributed by atoms with van der Waals surface area (Å²) in [5.41, 5.74) is 2.94. The van der Waals surface area contributed by atoms with Crippen molar-refractivity contribution in [1.82, 2.24) is 25.3 Å². The quantitative estimate of drug-likeness (QED) is 0.411. The summed E-state index contributed by atoms with van der Waals surface area (Å²) in [4.78, 5) is 29.3. The third-order valence-corrected chi connectivity index (χ3v) is 5.29. The largest absolute Gasteiger partial charge is 0.491 e. The number of fused-ring (bicyclic) bond motifs is 1. The molecule has 0 spiro atoms. The summed E-state index contributed by atoms with van der Waals surface area (Å²) in [6.45, 7) is 0.507. The second-order valence-corrected chi connectivity index (χ2v) is 7.27. The molecule has 0 aliphatic carbocycles. The van der Waals surface area contributed by atoms with E-state index in [1.165, 1.54) is 38.8 Å². The molecule has 10 heteroatoms. The van der Waals surface area contributed by atoms with Gasteiger partial charge in [0.1, 0.15) is 18.0 Å². The Kier molecular flexibility index (Phi) is 6.77. The van der Waals surface area contributed by atoms with Crippen molar-refractivity contribution in [3.8, 4) is 22.9 Å². The number of halogens is 1. The molecule has 0 saturated heterocycles. The van der Waals surface area contributed by atoms with Gasteiger partial charge in [0.25, 0.3) is 11.8 Å². The Labute approximate surface area is 195 Å². The van der Waals surface area contributed by atoms with Crippen molar-refractivity contribution >= 4 is 22.6 Å². The molecule has 1 amide bonds. The molecule has 2 N–H and O–H groups in total. The third kappa shape index (κ3) is 4.56. The maximum Gasteiger partial charge on any atom is 0.256 e. The van der Waals surface area contributed by atoms with Crippen molar-refractivity contribution in [1.29, 1.82) is 0 Å². The number of nitrogens with one attached hydrogen (secondary N) is 2. The van der Waals surface area contributed by atoms with Crippen LogP contribution >= 0.6 is 0 Å². The smallest absolute Gasteiger partial charge is 0.256 e. The number of benzene rings is 1. The molecule has 3 aromatic heterocycles. The lowest BCUT2D eigenvalue weighted by Gasteiger charge is -2.11. The first-order valence-corrected chi connectivity index (χ1v) is 10.5. The van der Waals surface area contributed by atoms with Crippen molar-refractivity contribution in [2.24, 2.45) is 0 Å². The molecule has 34 heavy (non-hydrogen) atoms. The van der Waals surface area contributed by atoms with Gasteiger partial charge in [-0.3, -0.25) is 9.78 Å². The number of ether oxygens (including phenoxy) is 2. The zero-order valence-electron chi connectivity index (χ0n) is 18.9. The zero-order valence-corrected chi connectivity index (χ0v) is 18.9. The molecule has 0 fully saturated rings. The maximum atomic E-state index is 14.5. The second kappa shape index (κ2) is 10.1. The minimum Gasteiger partial charge on any atom is -0.491 e. The highest BCUT2D eigenvalue weighted by Crippen LogP contribution is 2.29. The summed E-state index contributed by atoms with van der Waals surface area (Å²) in [5.74, 6) is 0.658. The number of hydrogen-bond acceptors (Lipinski definition) is 8. The molecule has 4 aromatic rings. The molecule has 1 aromatic carbocycles. The molecular formula is C24H23FN6O3. The van der Waals surface area contributed by atoms with Crippen LogP contribution in [0.3, 0.4) is 0 Å². The highest BCUT2D eigenvalue weighted by Gasteiger charge is 2.16. The van der Waals surface area contributed by atoms with Crippen LogP contribution in [-0.2, 0) is 6.42 Å². The summed E-state index contributed by atoms with van der Waals surface area (Å²) >= 11 is 0. The number of hydrogen-bond donors (Lipinski definition) is 2. The normalized spacial score (nSPS) is 10.7. The molecule has 0 aliphatic rings. The van der Waals surface area contributed by atoms with Crippen LogP contribution in [-0.4, -0.2) is 53.7 Å². The standard InChI is InChI=1S/C24H23FN6O3/c1-26-23(32)16-7-9-28-22-14(4-5-17(25)21(16)22)6-8-27-20-11-18(30-13-31-20)15-10-19(33-2)24(34-3)29-12-15/h4-5,7,9-13H,6,8H2,1-3H3,(H,26,32)(H,27,30,31). The van der Waals surface area contributed by atoms with Gasteiger partial charge in [-0.1, -0.05) is 6.07 Å².